The Bertz CT molecular complexity index is 369. The second-order valence-corrected chi connectivity index (χ2v) is 7.98. The second kappa shape index (κ2) is 13.2. The van der Waals surface area contributed by atoms with Crippen LogP contribution in [0.2, 0.25) is 0 Å². The molecule has 0 amide bonds. The summed E-state index contributed by atoms with van der Waals surface area (Å²) in [6.45, 7) is 8.15. The number of carbonyl (C=O) groups is 2. The van der Waals surface area contributed by atoms with E-state index in [1.165, 1.54) is 52.7 Å². The lowest BCUT2D eigenvalue weighted by molar-refractivity contribution is -0.177. The van der Waals surface area contributed by atoms with Crippen molar-refractivity contribution in [3.63, 3.8) is 0 Å². The summed E-state index contributed by atoms with van der Waals surface area (Å²) in [5.74, 6) is -0.594. The highest BCUT2D eigenvalue weighted by molar-refractivity contribution is 5.87. The fourth-order valence-corrected chi connectivity index (χ4v) is 3.82. The second-order valence-electron chi connectivity index (χ2n) is 7.98. The third-order valence-corrected chi connectivity index (χ3v) is 6.05. The van der Waals surface area contributed by atoms with Crippen molar-refractivity contribution in [3.8, 4) is 0 Å². The first-order valence-corrected chi connectivity index (χ1v) is 10.5. The summed E-state index contributed by atoms with van der Waals surface area (Å²) in [7, 11) is 2.83. The van der Waals surface area contributed by atoms with Gasteiger partial charge in [0, 0.05) is 0 Å². The third-order valence-electron chi connectivity index (χ3n) is 6.05. The van der Waals surface area contributed by atoms with Gasteiger partial charge in [-0.1, -0.05) is 78.1 Å². The Kier molecular flexibility index (Phi) is 12.6. The van der Waals surface area contributed by atoms with Gasteiger partial charge in [0.1, 0.15) is 0 Å². The Balaban J connectivity index is 5.25. The molecule has 0 bridgehead atoms. The van der Waals surface area contributed by atoms with Gasteiger partial charge in [-0.2, -0.15) is 0 Å². The van der Waals surface area contributed by atoms with E-state index in [4.69, 9.17) is 9.47 Å². The van der Waals surface area contributed by atoms with Gasteiger partial charge in [-0.15, -0.1) is 0 Å². The minimum atomic E-state index is -0.855. The van der Waals surface area contributed by atoms with Crippen LogP contribution in [0.4, 0.5) is 0 Å². The molecule has 154 valence electrons. The van der Waals surface area contributed by atoms with Crippen LogP contribution in [0.1, 0.15) is 105 Å². The minimum absolute atomic E-state index is 0.297. The molecule has 0 saturated carbocycles. The van der Waals surface area contributed by atoms with Crippen LogP contribution in [-0.2, 0) is 19.1 Å². The molecule has 0 aliphatic carbocycles. The molecule has 4 nitrogen and oxygen atoms in total. The van der Waals surface area contributed by atoms with Gasteiger partial charge in [0.15, 0.2) is 0 Å². The van der Waals surface area contributed by atoms with Gasteiger partial charge >= 0.3 is 11.9 Å². The number of methoxy groups -OCH3 is 2. The van der Waals surface area contributed by atoms with E-state index in [9.17, 15) is 9.59 Å². The monoisotopic (exact) mass is 370 g/mol. The highest BCUT2D eigenvalue weighted by Gasteiger charge is 2.55. The van der Waals surface area contributed by atoms with E-state index in [0.29, 0.717) is 12.8 Å². The first-order chi connectivity index (χ1) is 12.3. The van der Waals surface area contributed by atoms with Crippen molar-refractivity contribution in [1.29, 1.82) is 0 Å². The molecule has 0 fully saturated rings. The van der Waals surface area contributed by atoms with Crippen molar-refractivity contribution >= 4 is 11.9 Å². The molecule has 0 spiro atoms. The van der Waals surface area contributed by atoms with Crippen LogP contribution in [-0.4, -0.2) is 26.2 Å². The van der Waals surface area contributed by atoms with E-state index in [1.54, 1.807) is 0 Å². The van der Waals surface area contributed by atoms with Gasteiger partial charge in [-0.05, 0) is 26.7 Å². The van der Waals surface area contributed by atoms with E-state index < -0.39 is 10.8 Å². The Morgan fingerprint density at radius 2 is 0.923 bits per heavy atom. The fraction of sp³-hybridized carbons (Fsp3) is 0.909. The molecule has 0 aliphatic rings. The van der Waals surface area contributed by atoms with Crippen molar-refractivity contribution < 1.29 is 19.1 Å². The molecule has 26 heavy (non-hydrogen) atoms. The van der Waals surface area contributed by atoms with Gasteiger partial charge in [0.2, 0.25) is 0 Å². The third kappa shape index (κ3) is 6.92. The van der Waals surface area contributed by atoms with Crippen molar-refractivity contribution in [2.24, 2.45) is 10.8 Å². The first kappa shape index (κ1) is 24.9. The van der Waals surface area contributed by atoms with Crippen molar-refractivity contribution in [3.05, 3.63) is 0 Å². The molecule has 0 saturated heterocycles. The van der Waals surface area contributed by atoms with Crippen LogP contribution >= 0.6 is 0 Å². The van der Waals surface area contributed by atoms with E-state index in [-0.39, 0.29) is 11.9 Å². The zero-order chi connectivity index (χ0) is 20.1. The van der Waals surface area contributed by atoms with Gasteiger partial charge in [-0.3, -0.25) is 9.59 Å². The number of hydrogen-bond donors (Lipinski definition) is 0. The number of unbranched alkanes of at least 4 members (excludes halogenated alkanes) is 8. The number of hydrogen-bond acceptors (Lipinski definition) is 4. The summed E-state index contributed by atoms with van der Waals surface area (Å²) < 4.78 is 10.3. The predicted octanol–water partition coefficient (Wildman–Crippen LogP) is 6.07. The molecular formula is C22H42O4. The van der Waals surface area contributed by atoms with Crippen LogP contribution in [0.15, 0.2) is 0 Å². The van der Waals surface area contributed by atoms with Gasteiger partial charge in [0.25, 0.3) is 0 Å². The number of ether oxygens (including phenoxy) is 2. The van der Waals surface area contributed by atoms with Crippen LogP contribution < -0.4 is 0 Å². The van der Waals surface area contributed by atoms with E-state index >= 15 is 0 Å². The summed E-state index contributed by atoms with van der Waals surface area (Å²) in [4.78, 5) is 25.5. The Morgan fingerprint density at radius 3 is 1.19 bits per heavy atom. The molecule has 0 radical (unpaired) electrons. The molecule has 0 aromatic rings. The first-order valence-electron chi connectivity index (χ1n) is 10.5. The molecule has 0 aromatic carbocycles. The molecule has 0 rings (SSSR count). The van der Waals surface area contributed by atoms with Crippen LogP contribution in [0.25, 0.3) is 0 Å². The zero-order valence-corrected chi connectivity index (χ0v) is 18.1. The Morgan fingerprint density at radius 1 is 0.615 bits per heavy atom. The van der Waals surface area contributed by atoms with Gasteiger partial charge < -0.3 is 9.47 Å². The summed E-state index contributed by atoms with van der Waals surface area (Å²) in [6, 6.07) is 0. The van der Waals surface area contributed by atoms with Crippen LogP contribution in [0.3, 0.4) is 0 Å². The maximum absolute atomic E-state index is 12.7. The molecule has 4 heteroatoms. The average Bonchev–Trinajstić information content (AvgIpc) is 2.65. The van der Waals surface area contributed by atoms with Crippen LogP contribution in [0, 0.1) is 10.8 Å². The molecule has 0 N–H and O–H groups in total. The molecule has 2 atom stereocenters. The standard InChI is InChI=1S/C22H42O4/c1-7-9-11-13-15-17-21(3,19(23)25-5)22(4,20(24)26-6)18-16-14-12-10-8-2/h7-18H2,1-6H3. The molecule has 0 heterocycles. The molecular weight excluding hydrogens is 328 g/mol. The lowest BCUT2D eigenvalue weighted by Gasteiger charge is -2.42. The van der Waals surface area contributed by atoms with Crippen LogP contribution in [0.5, 0.6) is 0 Å². The maximum Gasteiger partial charge on any atom is 0.312 e. The summed E-state index contributed by atoms with van der Waals surface area (Å²) in [6.07, 6.45) is 12.4. The lowest BCUT2D eigenvalue weighted by atomic mass is 9.60. The Labute approximate surface area is 161 Å². The van der Waals surface area contributed by atoms with Crippen molar-refractivity contribution in [2.45, 2.75) is 105 Å². The smallest absolute Gasteiger partial charge is 0.312 e. The fourth-order valence-electron chi connectivity index (χ4n) is 3.82. The highest BCUT2D eigenvalue weighted by Crippen LogP contribution is 2.48. The van der Waals surface area contributed by atoms with E-state index in [2.05, 4.69) is 13.8 Å². The lowest BCUT2D eigenvalue weighted by Crippen LogP contribution is -2.50. The normalized spacial score (nSPS) is 15.8. The molecule has 0 aliphatic heterocycles. The minimum Gasteiger partial charge on any atom is -0.469 e. The summed E-state index contributed by atoms with van der Waals surface area (Å²) in [5, 5.41) is 0. The quantitative estimate of drug-likeness (QED) is 0.259. The summed E-state index contributed by atoms with van der Waals surface area (Å²) >= 11 is 0. The Hall–Kier alpha value is -1.06. The number of rotatable bonds is 15. The predicted molar refractivity (Wildman–Crippen MR) is 107 cm³/mol. The van der Waals surface area contributed by atoms with E-state index in [1.807, 2.05) is 13.8 Å². The molecule has 2 unspecified atom stereocenters. The average molecular weight is 371 g/mol. The van der Waals surface area contributed by atoms with Gasteiger partial charge in [-0.25, -0.2) is 0 Å². The van der Waals surface area contributed by atoms with Crippen molar-refractivity contribution in [1.82, 2.24) is 0 Å². The largest absolute Gasteiger partial charge is 0.469 e. The summed E-state index contributed by atoms with van der Waals surface area (Å²) in [5.41, 5.74) is -1.71. The van der Waals surface area contributed by atoms with E-state index in [0.717, 1.165) is 25.7 Å². The zero-order valence-electron chi connectivity index (χ0n) is 18.1. The molecule has 0 aromatic heterocycles. The number of carbonyl (C=O) groups excluding carboxylic acids is 2. The van der Waals surface area contributed by atoms with Crippen molar-refractivity contribution in [2.75, 3.05) is 14.2 Å². The maximum atomic E-state index is 12.7. The topological polar surface area (TPSA) is 52.6 Å². The highest BCUT2D eigenvalue weighted by atomic mass is 16.5. The SMILES string of the molecule is CCCCCCCC(C)(C(=O)OC)C(C)(CCCCCCC)C(=O)OC. The van der Waals surface area contributed by atoms with Gasteiger partial charge in [0.05, 0.1) is 25.0 Å². The number of esters is 2.